The molecule has 1 heterocycles. The van der Waals surface area contributed by atoms with Crippen LogP contribution in [0.5, 0.6) is 5.75 Å². The van der Waals surface area contributed by atoms with Gasteiger partial charge < -0.3 is 10.2 Å². The average molecular weight is 254 g/mol. The van der Waals surface area contributed by atoms with E-state index in [4.69, 9.17) is 5.11 Å². The van der Waals surface area contributed by atoms with Crippen molar-refractivity contribution in [3.05, 3.63) is 21.9 Å². The van der Waals surface area contributed by atoms with Crippen LogP contribution < -0.4 is 0 Å². The van der Waals surface area contributed by atoms with Crippen molar-refractivity contribution < 1.29 is 19.0 Å². The van der Waals surface area contributed by atoms with E-state index in [0.717, 1.165) is 6.20 Å². The summed E-state index contributed by atoms with van der Waals surface area (Å²) in [7, 11) is 0. The number of pyridine rings is 1. The molecular formula is C7H6BrF2NO2. The molecule has 0 aliphatic rings. The number of aromatic nitrogens is 1. The molecule has 0 spiro atoms. The maximum atomic E-state index is 12.2. The Hall–Kier alpha value is -0.750. The van der Waals surface area contributed by atoms with Gasteiger partial charge in [0.25, 0.3) is 6.43 Å². The predicted octanol–water partition coefficient (Wildman–Crippen LogP) is 1.98. The van der Waals surface area contributed by atoms with Crippen LogP contribution in [-0.2, 0) is 6.61 Å². The predicted molar refractivity (Wildman–Crippen MR) is 44.5 cm³/mol. The van der Waals surface area contributed by atoms with E-state index in [0.29, 0.717) is 0 Å². The Kier molecular flexibility index (Phi) is 3.16. The molecule has 0 aliphatic carbocycles. The molecule has 0 radical (unpaired) electrons. The molecule has 1 aromatic rings. The third-order valence-corrected chi connectivity index (χ3v) is 2.31. The molecule has 0 fully saturated rings. The highest BCUT2D eigenvalue weighted by atomic mass is 79.9. The minimum atomic E-state index is -2.71. The molecule has 0 amide bonds. The third-order valence-electron chi connectivity index (χ3n) is 1.48. The first-order valence-electron chi connectivity index (χ1n) is 3.33. The van der Waals surface area contributed by atoms with Crippen LogP contribution in [-0.4, -0.2) is 15.2 Å². The van der Waals surface area contributed by atoms with Crippen LogP contribution in [0.1, 0.15) is 17.7 Å². The zero-order valence-electron chi connectivity index (χ0n) is 6.34. The van der Waals surface area contributed by atoms with Crippen LogP contribution >= 0.6 is 15.9 Å². The van der Waals surface area contributed by atoms with Gasteiger partial charge in [0.15, 0.2) is 5.75 Å². The molecule has 0 saturated carbocycles. The molecule has 0 atom stereocenters. The zero-order chi connectivity index (χ0) is 10.0. The Bertz CT molecular complexity index is 320. The van der Waals surface area contributed by atoms with Gasteiger partial charge in [-0.25, -0.2) is 8.78 Å². The monoisotopic (exact) mass is 253 g/mol. The molecule has 6 heteroatoms. The first-order chi connectivity index (χ1) is 6.07. The van der Waals surface area contributed by atoms with E-state index in [1.165, 1.54) is 0 Å². The second kappa shape index (κ2) is 3.97. The highest BCUT2D eigenvalue weighted by molar-refractivity contribution is 9.10. The van der Waals surface area contributed by atoms with Crippen LogP contribution in [0.2, 0.25) is 0 Å². The van der Waals surface area contributed by atoms with Crippen LogP contribution in [0, 0.1) is 0 Å². The minimum Gasteiger partial charge on any atom is -0.505 e. The maximum absolute atomic E-state index is 12.2. The molecule has 0 saturated heterocycles. The molecule has 0 bridgehead atoms. The largest absolute Gasteiger partial charge is 0.505 e. The van der Waals surface area contributed by atoms with E-state index in [9.17, 15) is 13.9 Å². The van der Waals surface area contributed by atoms with Crippen molar-refractivity contribution in [2.45, 2.75) is 13.0 Å². The number of aliphatic hydroxyl groups is 1. The van der Waals surface area contributed by atoms with E-state index in [1.54, 1.807) is 0 Å². The van der Waals surface area contributed by atoms with Crippen molar-refractivity contribution >= 4 is 15.9 Å². The van der Waals surface area contributed by atoms with E-state index in [1.807, 2.05) is 0 Å². The van der Waals surface area contributed by atoms with Gasteiger partial charge in [0.05, 0.1) is 16.6 Å². The zero-order valence-corrected chi connectivity index (χ0v) is 7.92. The SMILES string of the molecule is OCc1ncc(C(F)F)c(Br)c1O. The molecular weight excluding hydrogens is 248 g/mol. The van der Waals surface area contributed by atoms with E-state index in [2.05, 4.69) is 20.9 Å². The van der Waals surface area contributed by atoms with Crippen LogP contribution in [0.3, 0.4) is 0 Å². The van der Waals surface area contributed by atoms with E-state index in [-0.39, 0.29) is 10.2 Å². The standard InChI is InChI=1S/C7H6BrF2NO2/c8-5-3(7(9)10)1-11-4(2-12)6(5)13/h1,7,12-13H,2H2. The van der Waals surface area contributed by atoms with Crippen molar-refractivity contribution in [3.8, 4) is 5.75 Å². The first-order valence-corrected chi connectivity index (χ1v) is 4.12. The third kappa shape index (κ3) is 1.94. The van der Waals surface area contributed by atoms with Crippen molar-refractivity contribution in [2.24, 2.45) is 0 Å². The van der Waals surface area contributed by atoms with Crippen molar-refractivity contribution in [1.29, 1.82) is 0 Å². The summed E-state index contributed by atoms with van der Waals surface area (Å²) in [5.41, 5.74) is -0.425. The lowest BCUT2D eigenvalue weighted by molar-refractivity contribution is 0.149. The van der Waals surface area contributed by atoms with Gasteiger partial charge in [-0.2, -0.15) is 0 Å². The van der Waals surface area contributed by atoms with E-state index >= 15 is 0 Å². The lowest BCUT2D eigenvalue weighted by atomic mass is 10.2. The van der Waals surface area contributed by atoms with Gasteiger partial charge >= 0.3 is 0 Å². The van der Waals surface area contributed by atoms with E-state index < -0.39 is 24.3 Å². The Morgan fingerprint density at radius 3 is 2.62 bits per heavy atom. The van der Waals surface area contributed by atoms with Gasteiger partial charge in [0.1, 0.15) is 5.69 Å². The highest BCUT2D eigenvalue weighted by Gasteiger charge is 2.17. The summed E-state index contributed by atoms with van der Waals surface area (Å²) in [6, 6.07) is 0. The van der Waals surface area contributed by atoms with Crippen LogP contribution in [0.25, 0.3) is 0 Å². The number of hydrogen-bond acceptors (Lipinski definition) is 3. The molecule has 1 aromatic heterocycles. The molecule has 1 rings (SSSR count). The number of aliphatic hydroxyl groups excluding tert-OH is 1. The highest BCUT2D eigenvalue weighted by Crippen LogP contribution is 2.34. The molecule has 13 heavy (non-hydrogen) atoms. The fourth-order valence-electron chi connectivity index (χ4n) is 0.797. The summed E-state index contributed by atoms with van der Waals surface area (Å²) in [6.45, 7) is -0.492. The maximum Gasteiger partial charge on any atom is 0.266 e. The van der Waals surface area contributed by atoms with Crippen LogP contribution in [0.4, 0.5) is 8.78 Å². The van der Waals surface area contributed by atoms with Crippen molar-refractivity contribution in [3.63, 3.8) is 0 Å². The van der Waals surface area contributed by atoms with Gasteiger partial charge in [-0.1, -0.05) is 0 Å². The quantitative estimate of drug-likeness (QED) is 0.848. The lowest BCUT2D eigenvalue weighted by Crippen LogP contribution is -1.95. The van der Waals surface area contributed by atoms with Crippen molar-refractivity contribution in [2.75, 3.05) is 0 Å². The Balaban J connectivity index is 3.23. The Morgan fingerprint density at radius 2 is 2.15 bits per heavy atom. The first kappa shape index (κ1) is 10.3. The summed E-state index contributed by atoms with van der Waals surface area (Å²) in [5, 5.41) is 17.9. The fraction of sp³-hybridized carbons (Fsp3) is 0.286. The molecule has 0 aliphatic heterocycles. The molecule has 2 N–H and O–H groups in total. The number of nitrogens with zero attached hydrogens (tertiary/aromatic N) is 1. The van der Waals surface area contributed by atoms with Crippen LogP contribution in [0.15, 0.2) is 10.7 Å². The van der Waals surface area contributed by atoms with Crippen molar-refractivity contribution in [1.82, 2.24) is 4.98 Å². The molecule has 72 valence electrons. The molecule has 0 unspecified atom stereocenters. The van der Waals surface area contributed by atoms with Gasteiger partial charge in [0.2, 0.25) is 0 Å². The molecule has 0 aromatic carbocycles. The summed E-state index contributed by atoms with van der Waals surface area (Å²) in [6.07, 6.45) is -1.79. The van der Waals surface area contributed by atoms with Gasteiger partial charge in [0, 0.05) is 6.20 Å². The summed E-state index contributed by atoms with van der Waals surface area (Å²) in [5.74, 6) is -0.444. The number of hydrogen-bond donors (Lipinski definition) is 2. The Morgan fingerprint density at radius 1 is 1.54 bits per heavy atom. The number of aromatic hydroxyl groups is 1. The topological polar surface area (TPSA) is 53.4 Å². The second-order valence-corrected chi connectivity index (χ2v) is 3.07. The van der Waals surface area contributed by atoms with Gasteiger partial charge in [-0.15, -0.1) is 0 Å². The fourth-order valence-corrected chi connectivity index (χ4v) is 1.30. The smallest absolute Gasteiger partial charge is 0.266 e. The van der Waals surface area contributed by atoms with Gasteiger partial charge in [-0.05, 0) is 15.9 Å². The average Bonchev–Trinajstić information content (AvgIpc) is 2.09. The minimum absolute atomic E-state index is 0.0312. The summed E-state index contributed by atoms with van der Waals surface area (Å²) in [4.78, 5) is 3.47. The Labute approximate surface area is 81.2 Å². The summed E-state index contributed by atoms with van der Waals surface area (Å²) >= 11 is 2.79. The number of rotatable bonds is 2. The summed E-state index contributed by atoms with van der Waals surface area (Å²) < 4.78 is 24.3. The normalized spacial score (nSPS) is 10.8. The second-order valence-electron chi connectivity index (χ2n) is 2.28. The number of alkyl halides is 2. The lowest BCUT2D eigenvalue weighted by Gasteiger charge is -2.07. The van der Waals surface area contributed by atoms with Gasteiger partial charge in [-0.3, -0.25) is 4.98 Å². The number of halogens is 3. The molecule has 3 nitrogen and oxygen atoms in total.